The third-order valence-corrected chi connectivity index (χ3v) is 9.60. The van der Waals surface area contributed by atoms with E-state index in [1.54, 1.807) is 48.7 Å². The second-order valence-corrected chi connectivity index (χ2v) is 12.0. The van der Waals surface area contributed by atoms with Crippen molar-refractivity contribution in [1.29, 1.82) is 0 Å². The standard InChI is InChI=1S/C31H32N4O3S/c36-30(34-20-22-35(23-21-34)31(17-4-5-18-31)26-10-2-1-3-11-26)25-13-15-27(16-14-25)33-39(37,38)28-12-6-8-24-9-7-19-32-29(24)28/h1-3,6-16,19,33H,4-5,17-18,20-23H2. The monoisotopic (exact) mass is 540 g/mol. The van der Waals surface area contributed by atoms with E-state index in [-0.39, 0.29) is 16.3 Å². The maximum atomic E-state index is 13.3. The molecule has 4 aromatic rings. The van der Waals surface area contributed by atoms with Crippen LogP contribution in [0, 0.1) is 0 Å². The Morgan fingerprint density at radius 1 is 0.795 bits per heavy atom. The van der Waals surface area contributed by atoms with Crippen molar-refractivity contribution in [3.63, 3.8) is 0 Å². The van der Waals surface area contributed by atoms with Crippen molar-refractivity contribution >= 4 is 32.5 Å². The Kier molecular flexibility index (Phi) is 6.83. The van der Waals surface area contributed by atoms with Crippen LogP contribution in [-0.4, -0.2) is 55.3 Å². The van der Waals surface area contributed by atoms with Crippen molar-refractivity contribution in [2.45, 2.75) is 36.1 Å². The number of amides is 1. The summed E-state index contributed by atoms with van der Waals surface area (Å²) in [5.41, 5.74) is 2.84. The van der Waals surface area contributed by atoms with Gasteiger partial charge in [0.1, 0.15) is 4.90 Å². The Morgan fingerprint density at radius 3 is 2.21 bits per heavy atom. The first kappa shape index (κ1) is 25.5. The lowest BCUT2D eigenvalue weighted by molar-refractivity contribution is 0.0278. The number of sulfonamides is 1. The third kappa shape index (κ3) is 4.90. The van der Waals surface area contributed by atoms with E-state index in [2.05, 4.69) is 44.9 Å². The van der Waals surface area contributed by atoms with E-state index in [0.717, 1.165) is 31.3 Å². The van der Waals surface area contributed by atoms with Crippen molar-refractivity contribution in [1.82, 2.24) is 14.8 Å². The summed E-state index contributed by atoms with van der Waals surface area (Å²) in [5, 5.41) is 0.754. The topological polar surface area (TPSA) is 82.6 Å². The summed E-state index contributed by atoms with van der Waals surface area (Å²) in [7, 11) is -3.85. The number of hydrogen-bond acceptors (Lipinski definition) is 5. The highest BCUT2D eigenvalue weighted by Crippen LogP contribution is 2.44. The quantitative estimate of drug-likeness (QED) is 0.361. The predicted molar refractivity (Wildman–Crippen MR) is 153 cm³/mol. The molecule has 0 radical (unpaired) electrons. The summed E-state index contributed by atoms with van der Waals surface area (Å²) in [5.74, 6) is -0.0255. The summed E-state index contributed by atoms with van der Waals surface area (Å²) < 4.78 is 28.9. The number of rotatable bonds is 6. The number of fused-ring (bicyclic) bond motifs is 1. The van der Waals surface area contributed by atoms with Gasteiger partial charge in [0.25, 0.3) is 15.9 Å². The molecule has 1 aliphatic carbocycles. The Hall–Kier alpha value is -3.75. The molecule has 6 rings (SSSR count). The number of nitrogens with zero attached hydrogens (tertiary/aromatic N) is 3. The number of hydrogen-bond donors (Lipinski definition) is 1. The van der Waals surface area contributed by atoms with Gasteiger partial charge in [0, 0.05) is 54.6 Å². The van der Waals surface area contributed by atoms with Crippen LogP contribution in [0.3, 0.4) is 0 Å². The normalized spacial score (nSPS) is 17.8. The maximum absolute atomic E-state index is 13.3. The van der Waals surface area contributed by atoms with Crippen LogP contribution >= 0.6 is 0 Å². The van der Waals surface area contributed by atoms with Crippen LogP contribution < -0.4 is 4.72 Å². The molecule has 7 nitrogen and oxygen atoms in total. The van der Waals surface area contributed by atoms with Crippen molar-refractivity contribution in [2.75, 3.05) is 30.9 Å². The van der Waals surface area contributed by atoms with Crippen LogP contribution in [0.1, 0.15) is 41.6 Å². The summed E-state index contributed by atoms with van der Waals surface area (Å²) >= 11 is 0. The first-order chi connectivity index (χ1) is 19.0. The van der Waals surface area contributed by atoms with E-state index in [4.69, 9.17) is 0 Å². The number of benzene rings is 3. The Labute approximate surface area is 229 Å². The SMILES string of the molecule is O=C(c1ccc(NS(=O)(=O)c2cccc3cccnc23)cc1)N1CCN(C2(c3ccccc3)CCCC2)CC1. The van der Waals surface area contributed by atoms with Gasteiger partial charge in [-0.2, -0.15) is 0 Å². The molecule has 3 aromatic carbocycles. The Bertz CT molecular complexity index is 1570. The molecule has 1 aliphatic heterocycles. The summed E-state index contributed by atoms with van der Waals surface area (Å²) in [6.07, 6.45) is 6.38. The molecule has 2 fully saturated rings. The van der Waals surface area contributed by atoms with E-state index in [1.165, 1.54) is 18.4 Å². The van der Waals surface area contributed by atoms with Gasteiger partial charge in [0.05, 0.1) is 5.52 Å². The minimum absolute atomic E-state index is 0.0255. The molecule has 2 aliphatic rings. The lowest BCUT2D eigenvalue weighted by Gasteiger charge is -2.46. The van der Waals surface area contributed by atoms with E-state index in [1.807, 2.05) is 17.0 Å². The maximum Gasteiger partial charge on any atom is 0.264 e. The molecule has 1 saturated carbocycles. The van der Waals surface area contributed by atoms with Crippen LogP contribution in [0.5, 0.6) is 0 Å². The molecule has 1 saturated heterocycles. The zero-order chi connectivity index (χ0) is 26.9. The Morgan fingerprint density at radius 2 is 1.49 bits per heavy atom. The Balaban J connectivity index is 1.12. The molecule has 1 aromatic heterocycles. The number of carbonyl (C=O) groups is 1. The minimum atomic E-state index is -3.85. The highest BCUT2D eigenvalue weighted by atomic mass is 32.2. The number of para-hydroxylation sites is 1. The van der Waals surface area contributed by atoms with Gasteiger partial charge in [0.2, 0.25) is 0 Å². The predicted octanol–water partition coefficient (Wildman–Crippen LogP) is 5.26. The number of nitrogens with one attached hydrogen (secondary N) is 1. The largest absolute Gasteiger partial charge is 0.336 e. The molecule has 2 heterocycles. The van der Waals surface area contributed by atoms with Gasteiger partial charge in [-0.25, -0.2) is 8.42 Å². The van der Waals surface area contributed by atoms with Crippen molar-refractivity contribution in [3.05, 3.63) is 102 Å². The lowest BCUT2D eigenvalue weighted by atomic mass is 9.85. The molecule has 200 valence electrons. The van der Waals surface area contributed by atoms with Gasteiger partial charge in [-0.05, 0) is 54.8 Å². The zero-order valence-corrected chi connectivity index (χ0v) is 22.6. The average molecular weight is 541 g/mol. The second kappa shape index (κ2) is 10.4. The van der Waals surface area contributed by atoms with E-state index < -0.39 is 10.0 Å². The number of piperazine rings is 1. The molecule has 0 unspecified atom stereocenters. The fourth-order valence-corrected chi connectivity index (χ4v) is 7.44. The van der Waals surface area contributed by atoms with Crippen LogP contribution in [0.15, 0.2) is 96.0 Å². The average Bonchev–Trinajstić information content (AvgIpc) is 3.49. The summed E-state index contributed by atoms with van der Waals surface area (Å²) in [6.45, 7) is 3.04. The van der Waals surface area contributed by atoms with E-state index in [9.17, 15) is 13.2 Å². The fourth-order valence-electron chi connectivity index (χ4n) is 6.20. The third-order valence-electron chi connectivity index (χ3n) is 8.18. The van der Waals surface area contributed by atoms with Crippen LogP contribution in [0.25, 0.3) is 10.9 Å². The van der Waals surface area contributed by atoms with Crippen molar-refractivity contribution < 1.29 is 13.2 Å². The van der Waals surface area contributed by atoms with Gasteiger partial charge in [-0.3, -0.25) is 19.4 Å². The molecule has 0 bridgehead atoms. The van der Waals surface area contributed by atoms with Gasteiger partial charge < -0.3 is 4.90 Å². The molecular weight excluding hydrogens is 508 g/mol. The van der Waals surface area contributed by atoms with E-state index >= 15 is 0 Å². The molecule has 39 heavy (non-hydrogen) atoms. The first-order valence-electron chi connectivity index (χ1n) is 13.5. The molecule has 1 amide bonds. The first-order valence-corrected chi connectivity index (χ1v) is 15.0. The van der Waals surface area contributed by atoms with Crippen LogP contribution in [0.4, 0.5) is 5.69 Å². The number of anilines is 1. The highest BCUT2D eigenvalue weighted by Gasteiger charge is 2.42. The van der Waals surface area contributed by atoms with Crippen LogP contribution in [0.2, 0.25) is 0 Å². The second-order valence-electron chi connectivity index (χ2n) is 10.4. The molecule has 0 spiro atoms. The number of carbonyl (C=O) groups excluding carboxylic acids is 1. The molecule has 1 N–H and O–H groups in total. The van der Waals surface area contributed by atoms with Gasteiger partial charge >= 0.3 is 0 Å². The molecular formula is C31H32N4O3S. The van der Waals surface area contributed by atoms with E-state index in [0.29, 0.717) is 29.9 Å². The smallest absolute Gasteiger partial charge is 0.264 e. The number of pyridine rings is 1. The summed E-state index contributed by atoms with van der Waals surface area (Å²) in [6, 6.07) is 26.2. The minimum Gasteiger partial charge on any atom is -0.336 e. The molecule has 8 heteroatoms. The molecule has 0 atom stereocenters. The van der Waals surface area contributed by atoms with Gasteiger partial charge in [0.15, 0.2) is 0 Å². The van der Waals surface area contributed by atoms with Crippen LogP contribution in [-0.2, 0) is 15.6 Å². The van der Waals surface area contributed by atoms with Gasteiger partial charge in [-0.15, -0.1) is 0 Å². The van der Waals surface area contributed by atoms with Gasteiger partial charge in [-0.1, -0.05) is 61.4 Å². The summed E-state index contributed by atoms with van der Waals surface area (Å²) in [4.78, 5) is 22.2. The van der Waals surface area contributed by atoms with Crippen molar-refractivity contribution in [3.8, 4) is 0 Å². The highest BCUT2D eigenvalue weighted by molar-refractivity contribution is 7.93. The van der Waals surface area contributed by atoms with Crippen molar-refractivity contribution in [2.24, 2.45) is 0 Å². The number of aromatic nitrogens is 1. The zero-order valence-electron chi connectivity index (χ0n) is 21.8. The fraction of sp³-hybridized carbons (Fsp3) is 0.290. The lowest BCUT2D eigenvalue weighted by Crippen LogP contribution is -2.55.